The molecule has 0 radical (unpaired) electrons. The molecule has 1 unspecified atom stereocenters. The van der Waals surface area contributed by atoms with Crippen molar-refractivity contribution in [2.45, 2.75) is 45.8 Å². The zero-order chi connectivity index (χ0) is 15.0. The second kappa shape index (κ2) is 8.55. The van der Waals surface area contributed by atoms with Crippen LogP contribution < -0.4 is 15.8 Å². The van der Waals surface area contributed by atoms with Crippen molar-refractivity contribution in [1.29, 1.82) is 0 Å². The van der Waals surface area contributed by atoms with Gasteiger partial charge in [0.25, 0.3) is 0 Å². The van der Waals surface area contributed by atoms with Crippen molar-refractivity contribution in [2.75, 3.05) is 11.9 Å². The Labute approximate surface area is 120 Å². The van der Waals surface area contributed by atoms with Gasteiger partial charge in [-0.15, -0.1) is 0 Å². The van der Waals surface area contributed by atoms with Gasteiger partial charge in [-0.3, -0.25) is 4.79 Å². The number of carbonyl (C=O) groups is 1. The van der Waals surface area contributed by atoms with E-state index in [4.69, 9.17) is 10.5 Å². The summed E-state index contributed by atoms with van der Waals surface area (Å²) in [6, 6.07) is 5.11. The number of hydrogen-bond donors (Lipinski definition) is 3. The Balaban J connectivity index is 2.65. The van der Waals surface area contributed by atoms with Crippen molar-refractivity contribution in [2.24, 2.45) is 5.73 Å². The first-order chi connectivity index (χ1) is 9.60. The SMILES string of the molecule is CCCC(N)CC(=O)Nc1ccc(OCC)c(CO)c1. The van der Waals surface area contributed by atoms with Crippen molar-refractivity contribution < 1.29 is 14.6 Å². The van der Waals surface area contributed by atoms with E-state index in [0.29, 0.717) is 30.0 Å². The largest absolute Gasteiger partial charge is 0.494 e. The Morgan fingerprint density at radius 1 is 1.45 bits per heavy atom. The molecule has 0 saturated heterocycles. The van der Waals surface area contributed by atoms with Gasteiger partial charge in [-0.25, -0.2) is 0 Å². The second-order valence-electron chi connectivity index (χ2n) is 4.71. The summed E-state index contributed by atoms with van der Waals surface area (Å²) in [5.41, 5.74) is 7.14. The summed E-state index contributed by atoms with van der Waals surface area (Å²) in [6.45, 7) is 4.32. The summed E-state index contributed by atoms with van der Waals surface area (Å²) in [7, 11) is 0. The summed E-state index contributed by atoms with van der Waals surface area (Å²) in [5, 5.41) is 12.1. The van der Waals surface area contributed by atoms with Crippen LogP contribution in [0.25, 0.3) is 0 Å². The number of rotatable bonds is 8. The summed E-state index contributed by atoms with van der Waals surface area (Å²) in [4.78, 5) is 11.8. The number of amides is 1. The molecule has 20 heavy (non-hydrogen) atoms. The highest BCUT2D eigenvalue weighted by molar-refractivity contribution is 5.91. The molecule has 112 valence electrons. The molecule has 0 spiro atoms. The van der Waals surface area contributed by atoms with Crippen LogP contribution in [0.3, 0.4) is 0 Å². The van der Waals surface area contributed by atoms with Crippen molar-refractivity contribution in [3.05, 3.63) is 23.8 Å². The maximum atomic E-state index is 11.8. The van der Waals surface area contributed by atoms with Gasteiger partial charge < -0.3 is 20.9 Å². The monoisotopic (exact) mass is 280 g/mol. The smallest absolute Gasteiger partial charge is 0.225 e. The molecule has 5 heteroatoms. The minimum atomic E-state index is -0.131. The number of hydrogen-bond acceptors (Lipinski definition) is 4. The van der Waals surface area contributed by atoms with Gasteiger partial charge in [0.2, 0.25) is 5.91 Å². The Morgan fingerprint density at radius 2 is 2.20 bits per heavy atom. The van der Waals surface area contributed by atoms with Crippen LogP contribution in [0.4, 0.5) is 5.69 Å². The number of aliphatic hydroxyl groups is 1. The maximum absolute atomic E-state index is 11.8. The molecule has 0 saturated carbocycles. The van der Waals surface area contributed by atoms with E-state index in [9.17, 15) is 9.90 Å². The summed E-state index contributed by atoms with van der Waals surface area (Å²) < 4.78 is 5.39. The van der Waals surface area contributed by atoms with Gasteiger partial charge in [0.1, 0.15) is 5.75 Å². The van der Waals surface area contributed by atoms with E-state index in [1.165, 1.54) is 0 Å². The van der Waals surface area contributed by atoms with E-state index in [0.717, 1.165) is 12.8 Å². The maximum Gasteiger partial charge on any atom is 0.225 e. The number of benzene rings is 1. The fourth-order valence-corrected chi connectivity index (χ4v) is 2.00. The number of carbonyl (C=O) groups excluding carboxylic acids is 1. The molecule has 5 nitrogen and oxygen atoms in total. The van der Waals surface area contributed by atoms with Crippen LogP contribution in [0.1, 0.15) is 38.7 Å². The third-order valence-corrected chi connectivity index (χ3v) is 2.92. The number of ether oxygens (including phenoxy) is 1. The van der Waals surface area contributed by atoms with E-state index in [1.54, 1.807) is 18.2 Å². The highest BCUT2D eigenvalue weighted by Gasteiger charge is 2.10. The second-order valence-corrected chi connectivity index (χ2v) is 4.71. The molecule has 0 fully saturated rings. The van der Waals surface area contributed by atoms with Crippen molar-refractivity contribution in [3.63, 3.8) is 0 Å². The average molecular weight is 280 g/mol. The van der Waals surface area contributed by atoms with Crippen LogP contribution in [-0.2, 0) is 11.4 Å². The molecule has 0 bridgehead atoms. The normalized spacial score (nSPS) is 12.0. The lowest BCUT2D eigenvalue weighted by Crippen LogP contribution is -2.26. The first-order valence-corrected chi connectivity index (χ1v) is 7.02. The standard InChI is InChI=1S/C15H24N2O3/c1-3-5-12(16)9-15(19)17-13-6-7-14(20-4-2)11(8-13)10-18/h6-8,12,18H,3-5,9-10,16H2,1-2H3,(H,17,19). The lowest BCUT2D eigenvalue weighted by molar-refractivity contribution is -0.116. The molecule has 0 aromatic heterocycles. The van der Waals surface area contributed by atoms with Gasteiger partial charge in [-0.05, 0) is 31.5 Å². The minimum Gasteiger partial charge on any atom is -0.494 e. The summed E-state index contributed by atoms with van der Waals surface area (Å²) in [5.74, 6) is 0.523. The van der Waals surface area contributed by atoms with Gasteiger partial charge in [-0.1, -0.05) is 13.3 Å². The van der Waals surface area contributed by atoms with Crippen LogP contribution in [0, 0.1) is 0 Å². The fraction of sp³-hybridized carbons (Fsp3) is 0.533. The van der Waals surface area contributed by atoms with Gasteiger partial charge in [0, 0.05) is 23.7 Å². The third kappa shape index (κ3) is 5.19. The fourth-order valence-electron chi connectivity index (χ4n) is 2.00. The minimum absolute atomic E-state index is 0.111. The van der Waals surface area contributed by atoms with Crippen LogP contribution in [0.2, 0.25) is 0 Å². The zero-order valence-corrected chi connectivity index (χ0v) is 12.2. The van der Waals surface area contributed by atoms with Gasteiger partial charge in [-0.2, -0.15) is 0 Å². The number of aliphatic hydroxyl groups excluding tert-OH is 1. The Kier molecular flexibility index (Phi) is 7.04. The van der Waals surface area contributed by atoms with Crippen molar-refractivity contribution >= 4 is 11.6 Å². The molecule has 1 amide bonds. The molecule has 4 N–H and O–H groups in total. The molecule has 1 rings (SSSR count). The molecule has 0 heterocycles. The van der Waals surface area contributed by atoms with E-state index < -0.39 is 0 Å². The van der Waals surface area contributed by atoms with Crippen LogP contribution in [-0.4, -0.2) is 23.7 Å². The average Bonchev–Trinajstić information content (AvgIpc) is 2.40. The van der Waals surface area contributed by atoms with E-state index in [2.05, 4.69) is 5.32 Å². The highest BCUT2D eigenvalue weighted by atomic mass is 16.5. The highest BCUT2D eigenvalue weighted by Crippen LogP contribution is 2.23. The number of nitrogens with one attached hydrogen (secondary N) is 1. The first-order valence-electron chi connectivity index (χ1n) is 7.02. The summed E-state index contributed by atoms with van der Waals surface area (Å²) >= 11 is 0. The molecular formula is C15H24N2O3. The third-order valence-electron chi connectivity index (χ3n) is 2.92. The van der Waals surface area contributed by atoms with Crippen molar-refractivity contribution in [3.8, 4) is 5.75 Å². The zero-order valence-electron chi connectivity index (χ0n) is 12.2. The number of nitrogens with two attached hydrogens (primary N) is 1. The van der Waals surface area contributed by atoms with Gasteiger partial charge in [0.05, 0.1) is 13.2 Å². The molecule has 0 aliphatic rings. The van der Waals surface area contributed by atoms with Crippen LogP contribution in [0.15, 0.2) is 18.2 Å². The Hall–Kier alpha value is -1.59. The topological polar surface area (TPSA) is 84.6 Å². The van der Waals surface area contributed by atoms with Crippen LogP contribution >= 0.6 is 0 Å². The van der Waals surface area contributed by atoms with E-state index in [-0.39, 0.29) is 18.6 Å². The van der Waals surface area contributed by atoms with Crippen LogP contribution in [0.5, 0.6) is 5.75 Å². The molecule has 1 aromatic carbocycles. The molecular weight excluding hydrogens is 256 g/mol. The van der Waals surface area contributed by atoms with E-state index >= 15 is 0 Å². The summed E-state index contributed by atoms with van der Waals surface area (Å²) in [6.07, 6.45) is 2.10. The van der Waals surface area contributed by atoms with Gasteiger partial charge in [0.15, 0.2) is 0 Å². The predicted octanol–water partition coefficient (Wildman–Crippen LogP) is 2.03. The van der Waals surface area contributed by atoms with E-state index in [1.807, 2.05) is 13.8 Å². The molecule has 1 aromatic rings. The molecule has 0 aliphatic heterocycles. The Morgan fingerprint density at radius 3 is 2.80 bits per heavy atom. The lowest BCUT2D eigenvalue weighted by atomic mass is 10.1. The molecule has 1 atom stereocenters. The van der Waals surface area contributed by atoms with Crippen molar-refractivity contribution in [1.82, 2.24) is 0 Å². The quantitative estimate of drug-likeness (QED) is 0.680. The van der Waals surface area contributed by atoms with Gasteiger partial charge >= 0.3 is 0 Å². The first kappa shape index (κ1) is 16.5. The lowest BCUT2D eigenvalue weighted by Gasteiger charge is -2.13. The number of anilines is 1. The predicted molar refractivity (Wildman–Crippen MR) is 79.7 cm³/mol. The molecule has 0 aliphatic carbocycles. The Bertz CT molecular complexity index is 435.